The van der Waals surface area contributed by atoms with Crippen molar-refractivity contribution < 1.29 is 22.7 Å². The van der Waals surface area contributed by atoms with Crippen LogP contribution in [0.1, 0.15) is 30.5 Å². The van der Waals surface area contributed by atoms with Crippen molar-refractivity contribution in [3.63, 3.8) is 0 Å². The third-order valence-electron chi connectivity index (χ3n) is 5.09. The van der Waals surface area contributed by atoms with Crippen LogP contribution in [-0.4, -0.2) is 26.9 Å². The fourth-order valence-electron chi connectivity index (χ4n) is 3.44. The van der Waals surface area contributed by atoms with E-state index in [9.17, 15) is 18.0 Å². The molecule has 1 atom stereocenters. The lowest BCUT2D eigenvalue weighted by Gasteiger charge is -2.20. The van der Waals surface area contributed by atoms with E-state index in [1.165, 1.54) is 24.3 Å². The van der Waals surface area contributed by atoms with Gasteiger partial charge in [-0.3, -0.25) is 14.3 Å². The van der Waals surface area contributed by atoms with Gasteiger partial charge in [0.1, 0.15) is 0 Å². The summed E-state index contributed by atoms with van der Waals surface area (Å²) in [5.41, 5.74) is 7.34. The number of ether oxygens (including phenoxy) is 1. The van der Waals surface area contributed by atoms with E-state index in [1.807, 2.05) is 0 Å². The van der Waals surface area contributed by atoms with Crippen LogP contribution in [0.2, 0.25) is 10.0 Å². The van der Waals surface area contributed by atoms with Gasteiger partial charge in [-0.2, -0.15) is 0 Å². The Hall–Kier alpha value is -3.27. The molecule has 0 saturated heterocycles. The molecule has 0 aliphatic heterocycles. The Kier molecular flexibility index (Phi) is 9.19. The van der Waals surface area contributed by atoms with Gasteiger partial charge in [0.25, 0.3) is 10.0 Å². The van der Waals surface area contributed by atoms with Crippen LogP contribution in [0.4, 0.5) is 11.4 Å². The van der Waals surface area contributed by atoms with E-state index >= 15 is 0 Å². The van der Waals surface area contributed by atoms with Crippen LogP contribution < -0.4 is 15.8 Å². The van der Waals surface area contributed by atoms with Crippen molar-refractivity contribution in [3.05, 3.63) is 87.9 Å². The van der Waals surface area contributed by atoms with Gasteiger partial charge in [-0.25, -0.2) is 8.42 Å². The van der Waals surface area contributed by atoms with Crippen molar-refractivity contribution in [2.24, 2.45) is 0 Å². The number of nitrogens with one attached hydrogen (secondary N) is 2. The third kappa shape index (κ3) is 7.61. The Morgan fingerprint density at radius 2 is 1.78 bits per heavy atom. The van der Waals surface area contributed by atoms with Gasteiger partial charge in [-0.05, 0) is 60.5 Å². The van der Waals surface area contributed by atoms with Crippen molar-refractivity contribution in [3.8, 4) is 0 Å². The van der Waals surface area contributed by atoms with Crippen LogP contribution in [0.15, 0.2) is 71.6 Å². The molecule has 0 radical (unpaired) electrons. The minimum Gasteiger partial charge on any atom is -0.466 e. The minimum atomic E-state index is -3.92. The summed E-state index contributed by atoms with van der Waals surface area (Å²) in [7, 11) is -3.92. The fourth-order valence-corrected chi connectivity index (χ4v) is 5.02. The highest BCUT2D eigenvalue weighted by Crippen LogP contribution is 2.25. The highest BCUT2D eigenvalue weighted by atomic mass is 35.5. The number of anilines is 2. The summed E-state index contributed by atoms with van der Waals surface area (Å²) < 4.78 is 33.2. The second-order valence-electron chi connectivity index (χ2n) is 7.85. The summed E-state index contributed by atoms with van der Waals surface area (Å²) in [6.45, 7) is 1.86. The van der Waals surface area contributed by atoms with Crippen molar-refractivity contribution in [2.45, 2.75) is 30.7 Å². The molecule has 3 rings (SSSR count). The highest BCUT2D eigenvalue weighted by molar-refractivity contribution is 7.92. The number of benzene rings is 3. The molecule has 3 aromatic rings. The number of nitrogens with two attached hydrogens (primary N) is 1. The first-order valence-electron chi connectivity index (χ1n) is 10.9. The Morgan fingerprint density at radius 1 is 1.03 bits per heavy atom. The van der Waals surface area contributed by atoms with E-state index in [4.69, 9.17) is 33.7 Å². The Balaban J connectivity index is 1.83. The maximum atomic E-state index is 12.8. The number of rotatable bonds is 10. The second-order valence-corrected chi connectivity index (χ2v) is 10.4. The number of carbonyl (C=O) groups excluding carboxylic acids is 2. The molecule has 0 aliphatic rings. The molecule has 0 heterocycles. The van der Waals surface area contributed by atoms with Gasteiger partial charge in [-0.1, -0.05) is 47.5 Å². The Morgan fingerprint density at radius 3 is 2.47 bits per heavy atom. The first-order chi connectivity index (χ1) is 17.1. The number of esters is 1. The molecule has 36 heavy (non-hydrogen) atoms. The van der Waals surface area contributed by atoms with E-state index in [1.54, 1.807) is 49.4 Å². The predicted octanol–water partition coefficient (Wildman–Crippen LogP) is 4.73. The monoisotopic (exact) mass is 549 g/mol. The number of amides is 1. The van der Waals surface area contributed by atoms with Crippen LogP contribution in [0.3, 0.4) is 0 Å². The molecule has 0 spiro atoms. The smallest absolute Gasteiger partial charge is 0.308 e. The number of hydrogen-bond donors (Lipinski definition) is 3. The van der Waals surface area contributed by atoms with Gasteiger partial charge in [0.05, 0.1) is 30.4 Å². The molecule has 11 heteroatoms. The van der Waals surface area contributed by atoms with Gasteiger partial charge >= 0.3 is 5.97 Å². The van der Waals surface area contributed by atoms with Gasteiger partial charge in [-0.15, -0.1) is 0 Å². The average molecular weight is 550 g/mol. The summed E-state index contributed by atoms with van der Waals surface area (Å²) in [6.07, 6.45) is -0.198. The Labute approximate surface area is 219 Å². The van der Waals surface area contributed by atoms with E-state index in [0.717, 1.165) is 0 Å². The Bertz CT molecular complexity index is 1370. The van der Waals surface area contributed by atoms with Gasteiger partial charge in [0, 0.05) is 21.4 Å². The van der Waals surface area contributed by atoms with E-state index in [-0.39, 0.29) is 35.9 Å². The summed E-state index contributed by atoms with van der Waals surface area (Å²) in [5, 5.41) is 3.61. The van der Waals surface area contributed by atoms with Gasteiger partial charge < -0.3 is 15.8 Å². The number of carbonyl (C=O) groups is 2. The first-order valence-corrected chi connectivity index (χ1v) is 13.2. The highest BCUT2D eigenvalue weighted by Gasteiger charge is 2.21. The lowest BCUT2D eigenvalue weighted by molar-refractivity contribution is -0.143. The van der Waals surface area contributed by atoms with Gasteiger partial charge in [0.2, 0.25) is 5.91 Å². The van der Waals surface area contributed by atoms with Crippen molar-refractivity contribution in [1.82, 2.24) is 5.32 Å². The molecule has 0 fully saturated rings. The van der Waals surface area contributed by atoms with Crippen LogP contribution >= 0.6 is 23.2 Å². The third-order valence-corrected chi connectivity index (χ3v) is 7.05. The van der Waals surface area contributed by atoms with Crippen LogP contribution in [-0.2, 0) is 30.8 Å². The normalized spacial score (nSPS) is 12.0. The summed E-state index contributed by atoms with van der Waals surface area (Å²) in [5.74, 6) is -0.905. The molecular weight excluding hydrogens is 525 g/mol. The zero-order valence-electron chi connectivity index (χ0n) is 19.3. The quantitative estimate of drug-likeness (QED) is 0.248. The van der Waals surface area contributed by atoms with Crippen molar-refractivity contribution in [1.29, 1.82) is 0 Å². The van der Waals surface area contributed by atoms with E-state index in [2.05, 4.69) is 10.0 Å². The first kappa shape index (κ1) is 27.3. The molecule has 8 nitrogen and oxygen atoms in total. The van der Waals surface area contributed by atoms with Crippen LogP contribution in [0, 0.1) is 0 Å². The minimum absolute atomic E-state index is 0.00382. The number of sulfonamides is 1. The predicted molar refractivity (Wildman–Crippen MR) is 140 cm³/mol. The molecule has 0 saturated carbocycles. The van der Waals surface area contributed by atoms with E-state index in [0.29, 0.717) is 26.9 Å². The van der Waals surface area contributed by atoms with Crippen molar-refractivity contribution >= 4 is 56.5 Å². The summed E-state index contributed by atoms with van der Waals surface area (Å²) in [4.78, 5) is 25.1. The van der Waals surface area contributed by atoms with Gasteiger partial charge in [0.15, 0.2) is 0 Å². The molecule has 190 valence electrons. The molecule has 0 bridgehead atoms. The molecule has 3 aromatic carbocycles. The zero-order chi connectivity index (χ0) is 26.3. The van der Waals surface area contributed by atoms with Crippen molar-refractivity contribution in [2.75, 3.05) is 17.1 Å². The largest absolute Gasteiger partial charge is 0.466 e. The maximum Gasteiger partial charge on any atom is 0.308 e. The number of halogens is 2. The zero-order valence-corrected chi connectivity index (χ0v) is 21.7. The average Bonchev–Trinajstić information content (AvgIpc) is 2.80. The number of nitrogen functional groups attached to an aromatic ring is 1. The molecule has 0 aromatic heterocycles. The lowest BCUT2D eigenvalue weighted by atomic mass is 10.0. The van der Waals surface area contributed by atoms with Crippen LogP contribution in [0.5, 0.6) is 0 Å². The molecule has 0 aliphatic carbocycles. The standard InChI is InChI=1S/C25H25Cl2N3O5S/c1-2-35-25(32)15-23(29-24(31)12-16-9-10-18(26)13-22(16)27)17-5-3-7-20(11-17)30-36(33,34)21-8-4-6-19(28)14-21/h3-11,13-14,23,30H,2,12,15,28H2,1H3,(H,29,31). The molecular formula is C25H25Cl2N3O5S. The number of hydrogen-bond acceptors (Lipinski definition) is 6. The maximum absolute atomic E-state index is 12.8. The molecule has 1 amide bonds. The summed E-state index contributed by atoms with van der Waals surface area (Å²) >= 11 is 12.1. The molecule has 4 N–H and O–H groups in total. The fraction of sp³-hybridized carbons (Fsp3) is 0.200. The lowest BCUT2D eigenvalue weighted by Crippen LogP contribution is -2.32. The SMILES string of the molecule is CCOC(=O)CC(NC(=O)Cc1ccc(Cl)cc1Cl)c1cccc(NS(=O)(=O)c2cccc(N)c2)c1. The van der Waals surface area contributed by atoms with E-state index < -0.39 is 22.0 Å². The summed E-state index contributed by atoms with van der Waals surface area (Å²) in [6, 6.07) is 16.3. The topological polar surface area (TPSA) is 128 Å². The second kappa shape index (κ2) is 12.1. The molecule has 1 unspecified atom stereocenters. The van der Waals surface area contributed by atoms with Crippen LogP contribution in [0.25, 0.3) is 0 Å².